The molecule has 1 heterocycles. The van der Waals surface area contributed by atoms with Crippen molar-refractivity contribution in [3.05, 3.63) is 34.1 Å². The van der Waals surface area contributed by atoms with Crippen LogP contribution in [-0.2, 0) is 4.74 Å². The molecule has 0 aliphatic carbocycles. The SMILES string of the molecule is CC(C)CC(CNC(=O)c1cc(Br)ccc1F)N1CCOCC1. The number of morpholine rings is 1. The quantitative estimate of drug-likeness (QED) is 0.816. The van der Waals surface area contributed by atoms with E-state index in [-0.39, 0.29) is 17.5 Å². The van der Waals surface area contributed by atoms with E-state index < -0.39 is 5.82 Å². The predicted molar refractivity (Wildman–Crippen MR) is 92.1 cm³/mol. The van der Waals surface area contributed by atoms with Gasteiger partial charge < -0.3 is 10.1 Å². The zero-order chi connectivity index (χ0) is 16.8. The Balaban J connectivity index is 1.99. The van der Waals surface area contributed by atoms with Gasteiger partial charge in [0.05, 0.1) is 18.8 Å². The molecule has 0 saturated carbocycles. The first-order chi connectivity index (χ1) is 11.0. The lowest BCUT2D eigenvalue weighted by atomic mass is 10.0. The van der Waals surface area contributed by atoms with Gasteiger partial charge in [-0.3, -0.25) is 9.69 Å². The van der Waals surface area contributed by atoms with Crippen LogP contribution >= 0.6 is 15.9 Å². The van der Waals surface area contributed by atoms with Gasteiger partial charge in [-0.05, 0) is 30.5 Å². The topological polar surface area (TPSA) is 41.6 Å². The first-order valence-electron chi connectivity index (χ1n) is 8.02. The standard InChI is InChI=1S/C17H24BrFN2O2/c1-12(2)9-14(21-5-7-23-8-6-21)11-20-17(22)15-10-13(18)3-4-16(15)19/h3-4,10,12,14H,5-9,11H2,1-2H3,(H,20,22). The van der Waals surface area contributed by atoms with Crippen LogP contribution in [0.1, 0.15) is 30.6 Å². The van der Waals surface area contributed by atoms with Gasteiger partial charge in [-0.25, -0.2) is 4.39 Å². The maximum atomic E-state index is 13.8. The molecule has 1 saturated heterocycles. The van der Waals surface area contributed by atoms with Gasteiger partial charge in [0.25, 0.3) is 5.91 Å². The molecule has 6 heteroatoms. The van der Waals surface area contributed by atoms with Gasteiger partial charge in [-0.2, -0.15) is 0 Å². The lowest BCUT2D eigenvalue weighted by molar-refractivity contribution is 0.0124. The van der Waals surface area contributed by atoms with E-state index in [2.05, 4.69) is 40.0 Å². The summed E-state index contributed by atoms with van der Waals surface area (Å²) in [5, 5.41) is 2.89. The normalized spacial score (nSPS) is 17.3. The lowest BCUT2D eigenvalue weighted by Gasteiger charge is -2.35. The number of nitrogens with zero attached hydrogens (tertiary/aromatic N) is 1. The molecule has 1 N–H and O–H groups in total. The fourth-order valence-electron chi connectivity index (χ4n) is 2.83. The van der Waals surface area contributed by atoms with Gasteiger partial charge in [-0.1, -0.05) is 29.8 Å². The Morgan fingerprint density at radius 2 is 2.09 bits per heavy atom. The van der Waals surface area contributed by atoms with E-state index in [0.717, 1.165) is 32.7 Å². The van der Waals surface area contributed by atoms with Crippen molar-refractivity contribution in [3.8, 4) is 0 Å². The maximum absolute atomic E-state index is 13.8. The van der Waals surface area contributed by atoms with Crippen molar-refractivity contribution >= 4 is 21.8 Å². The molecule has 2 rings (SSSR count). The first-order valence-corrected chi connectivity index (χ1v) is 8.81. The third-order valence-corrected chi connectivity index (χ3v) is 4.47. The summed E-state index contributed by atoms with van der Waals surface area (Å²) in [6.45, 7) is 8.05. The van der Waals surface area contributed by atoms with Crippen LogP contribution in [0.4, 0.5) is 4.39 Å². The Kier molecular flexibility index (Phi) is 6.99. The lowest BCUT2D eigenvalue weighted by Crippen LogP contribution is -2.49. The molecule has 1 aromatic rings. The summed E-state index contributed by atoms with van der Waals surface area (Å²) >= 11 is 3.27. The Bertz CT molecular complexity index is 533. The highest BCUT2D eigenvalue weighted by Crippen LogP contribution is 2.16. The number of carbonyl (C=O) groups excluding carboxylic acids is 1. The molecule has 1 aliphatic rings. The minimum atomic E-state index is -0.502. The molecule has 1 aliphatic heterocycles. The molecule has 0 bridgehead atoms. The van der Waals surface area contributed by atoms with Crippen LogP contribution in [0.2, 0.25) is 0 Å². The highest BCUT2D eigenvalue weighted by molar-refractivity contribution is 9.10. The van der Waals surface area contributed by atoms with Crippen LogP contribution in [0.15, 0.2) is 22.7 Å². The van der Waals surface area contributed by atoms with Crippen LogP contribution in [0.3, 0.4) is 0 Å². The third kappa shape index (κ3) is 5.55. The second-order valence-electron chi connectivity index (χ2n) is 6.27. The number of amides is 1. The van der Waals surface area contributed by atoms with Crippen LogP contribution in [0.25, 0.3) is 0 Å². The second kappa shape index (κ2) is 8.76. The summed E-state index contributed by atoms with van der Waals surface area (Å²) in [7, 11) is 0. The number of benzene rings is 1. The fraction of sp³-hybridized carbons (Fsp3) is 0.588. The number of ether oxygens (including phenoxy) is 1. The molecule has 0 spiro atoms. The van der Waals surface area contributed by atoms with Crippen LogP contribution in [0.5, 0.6) is 0 Å². The van der Waals surface area contributed by atoms with Crippen LogP contribution in [0, 0.1) is 11.7 Å². The molecule has 1 amide bonds. The van der Waals surface area contributed by atoms with E-state index in [1.165, 1.54) is 12.1 Å². The molecule has 23 heavy (non-hydrogen) atoms. The molecule has 0 radical (unpaired) electrons. The molecular weight excluding hydrogens is 363 g/mol. The van der Waals surface area contributed by atoms with Crippen molar-refractivity contribution in [2.24, 2.45) is 5.92 Å². The predicted octanol–water partition coefficient (Wildman–Crippen LogP) is 3.06. The summed E-state index contributed by atoms with van der Waals surface area (Å²) in [5.41, 5.74) is 0.0737. The monoisotopic (exact) mass is 386 g/mol. The molecule has 128 valence electrons. The van der Waals surface area contributed by atoms with Crippen molar-refractivity contribution in [2.75, 3.05) is 32.8 Å². The number of nitrogens with one attached hydrogen (secondary N) is 1. The van der Waals surface area contributed by atoms with E-state index in [9.17, 15) is 9.18 Å². The van der Waals surface area contributed by atoms with Crippen LogP contribution < -0.4 is 5.32 Å². The van der Waals surface area contributed by atoms with Crippen molar-refractivity contribution in [1.82, 2.24) is 10.2 Å². The van der Waals surface area contributed by atoms with E-state index in [0.29, 0.717) is 16.9 Å². The van der Waals surface area contributed by atoms with Gasteiger partial charge in [0.15, 0.2) is 0 Å². The number of rotatable bonds is 6. The van der Waals surface area contributed by atoms with E-state index in [1.807, 2.05) is 0 Å². The highest BCUT2D eigenvalue weighted by atomic mass is 79.9. The van der Waals surface area contributed by atoms with Gasteiger partial charge in [-0.15, -0.1) is 0 Å². The Labute approximate surface area is 145 Å². The molecular formula is C17H24BrFN2O2. The summed E-state index contributed by atoms with van der Waals surface area (Å²) in [6.07, 6.45) is 0.987. The molecule has 1 fully saturated rings. The second-order valence-corrected chi connectivity index (χ2v) is 7.18. The van der Waals surface area contributed by atoms with Crippen molar-refractivity contribution in [1.29, 1.82) is 0 Å². The third-order valence-electron chi connectivity index (χ3n) is 3.98. The summed E-state index contributed by atoms with van der Waals surface area (Å²) in [4.78, 5) is 14.6. The largest absolute Gasteiger partial charge is 0.379 e. The molecule has 1 aromatic carbocycles. The Morgan fingerprint density at radius 3 is 2.74 bits per heavy atom. The first kappa shape index (κ1) is 18.4. The van der Waals surface area contributed by atoms with Gasteiger partial charge in [0, 0.05) is 30.1 Å². The Hall–Kier alpha value is -0.980. The fourth-order valence-corrected chi connectivity index (χ4v) is 3.19. The van der Waals surface area contributed by atoms with E-state index in [1.54, 1.807) is 6.07 Å². The zero-order valence-corrected chi connectivity index (χ0v) is 15.2. The summed E-state index contributed by atoms with van der Waals surface area (Å²) < 4.78 is 19.9. The minimum absolute atomic E-state index is 0.0737. The summed E-state index contributed by atoms with van der Waals surface area (Å²) in [6, 6.07) is 4.64. The molecule has 1 atom stereocenters. The van der Waals surface area contributed by atoms with E-state index >= 15 is 0 Å². The maximum Gasteiger partial charge on any atom is 0.254 e. The number of hydrogen-bond acceptors (Lipinski definition) is 3. The number of carbonyl (C=O) groups is 1. The molecule has 0 aromatic heterocycles. The molecule has 4 nitrogen and oxygen atoms in total. The average molecular weight is 387 g/mol. The minimum Gasteiger partial charge on any atom is -0.379 e. The van der Waals surface area contributed by atoms with Crippen molar-refractivity contribution in [2.45, 2.75) is 26.3 Å². The smallest absolute Gasteiger partial charge is 0.254 e. The van der Waals surface area contributed by atoms with Gasteiger partial charge in [0.2, 0.25) is 0 Å². The van der Waals surface area contributed by atoms with Gasteiger partial charge in [0.1, 0.15) is 5.82 Å². The molecule has 1 unspecified atom stereocenters. The van der Waals surface area contributed by atoms with Crippen LogP contribution in [-0.4, -0.2) is 49.7 Å². The number of halogens is 2. The van der Waals surface area contributed by atoms with E-state index in [4.69, 9.17) is 4.74 Å². The Morgan fingerprint density at radius 1 is 1.39 bits per heavy atom. The van der Waals surface area contributed by atoms with Crippen molar-refractivity contribution < 1.29 is 13.9 Å². The number of hydrogen-bond donors (Lipinski definition) is 1. The van der Waals surface area contributed by atoms with Gasteiger partial charge >= 0.3 is 0 Å². The summed E-state index contributed by atoms with van der Waals surface area (Å²) in [5.74, 6) is -0.342. The highest BCUT2D eigenvalue weighted by Gasteiger charge is 2.23. The average Bonchev–Trinajstić information content (AvgIpc) is 2.54. The van der Waals surface area contributed by atoms with Crippen molar-refractivity contribution in [3.63, 3.8) is 0 Å². The zero-order valence-electron chi connectivity index (χ0n) is 13.6.